The van der Waals surface area contributed by atoms with Crippen LogP contribution >= 0.6 is 0 Å². The van der Waals surface area contributed by atoms with E-state index in [1.54, 1.807) is 0 Å². The van der Waals surface area contributed by atoms with Crippen LogP contribution in [0, 0.1) is 10.1 Å². The predicted molar refractivity (Wildman–Crippen MR) is 80.8 cm³/mol. The van der Waals surface area contributed by atoms with E-state index in [4.69, 9.17) is 0 Å². The molecule has 0 spiro atoms. The first kappa shape index (κ1) is 14.6. The Morgan fingerprint density at radius 3 is 2.55 bits per heavy atom. The van der Waals surface area contributed by atoms with Gasteiger partial charge in [0.05, 0.1) is 4.92 Å². The Morgan fingerprint density at radius 1 is 1.23 bits per heavy atom. The molecule has 116 valence electrons. The number of piperazine rings is 1. The van der Waals surface area contributed by atoms with Crippen LogP contribution in [0.3, 0.4) is 0 Å². The zero-order chi connectivity index (χ0) is 15.5. The topological polar surface area (TPSA) is 80.3 Å². The summed E-state index contributed by atoms with van der Waals surface area (Å²) in [4.78, 5) is 23.1. The maximum atomic E-state index is 10.7. The summed E-state index contributed by atoms with van der Waals surface area (Å²) in [7, 11) is 2.13. The Bertz CT molecular complexity index is 646. The fourth-order valence-electron chi connectivity index (χ4n) is 2.51. The van der Waals surface area contributed by atoms with Crippen molar-refractivity contribution in [2.24, 2.45) is 0 Å². The van der Waals surface area contributed by atoms with Gasteiger partial charge in [0.2, 0.25) is 5.95 Å². The van der Waals surface area contributed by atoms with Gasteiger partial charge in [0.25, 0.3) is 0 Å². The van der Waals surface area contributed by atoms with Gasteiger partial charge >= 0.3 is 5.69 Å². The number of nitro groups is 1. The lowest BCUT2D eigenvalue weighted by Gasteiger charge is -2.32. The van der Waals surface area contributed by atoms with Crippen LogP contribution in [0.4, 0.5) is 5.69 Å². The maximum absolute atomic E-state index is 10.7. The number of aromatic nitrogens is 3. The summed E-state index contributed by atoms with van der Waals surface area (Å²) < 4.78 is 1.88. The molecule has 0 radical (unpaired) electrons. The summed E-state index contributed by atoms with van der Waals surface area (Å²) in [6.07, 6.45) is 4.36. The molecule has 0 unspecified atom stereocenters. The van der Waals surface area contributed by atoms with Crippen LogP contribution in [0.15, 0.2) is 30.7 Å². The first-order valence-electron chi connectivity index (χ1n) is 7.17. The molecule has 1 aliphatic rings. The highest BCUT2D eigenvalue weighted by molar-refractivity contribution is 5.27. The molecular weight excluding hydrogens is 284 g/mol. The van der Waals surface area contributed by atoms with Crippen molar-refractivity contribution in [3.63, 3.8) is 0 Å². The zero-order valence-electron chi connectivity index (χ0n) is 12.4. The summed E-state index contributed by atoms with van der Waals surface area (Å²) in [6, 6.07) is 3.97. The molecule has 8 nitrogen and oxygen atoms in total. The van der Waals surface area contributed by atoms with Crippen LogP contribution in [0.1, 0.15) is 5.69 Å². The van der Waals surface area contributed by atoms with E-state index in [2.05, 4.69) is 26.8 Å². The molecule has 0 saturated carbocycles. The normalized spacial score (nSPS) is 16.8. The van der Waals surface area contributed by atoms with Crippen LogP contribution in [0.2, 0.25) is 0 Å². The van der Waals surface area contributed by atoms with Crippen molar-refractivity contribution >= 4 is 5.69 Å². The minimum absolute atomic E-state index is 0.100. The monoisotopic (exact) mass is 302 g/mol. The molecule has 8 heteroatoms. The van der Waals surface area contributed by atoms with Gasteiger partial charge in [-0.2, -0.15) is 0 Å². The zero-order valence-corrected chi connectivity index (χ0v) is 12.4. The van der Waals surface area contributed by atoms with E-state index in [-0.39, 0.29) is 5.69 Å². The Labute approximate surface area is 128 Å². The van der Waals surface area contributed by atoms with Crippen molar-refractivity contribution in [2.45, 2.75) is 6.54 Å². The van der Waals surface area contributed by atoms with Crippen molar-refractivity contribution in [1.29, 1.82) is 0 Å². The second-order valence-corrected chi connectivity index (χ2v) is 5.45. The van der Waals surface area contributed by atoms with Crippen LogP contribution in [0.5, 0.6) is 0 Å². The van der Waals surface area contributed by atoms with Crippen LogP contribution in [-0.4, -0.2) is 62.5 Å². The summed E-state index contributed by atoms with van der Waals surface area (Å²) in [5, 5.41) is 10.7. The lowest BCUT2D eigenvalue weighted by atomic mass is 10.3. The second-order valence-electron chi connectivity index (χ2n) is 5.45. The summed E-state index contributed by atoms with van der Waals surface area (Å²) in [5.74, 6) is 0.458. The molecule has 0 aliphatic carbocycles. The lowest BCUT2D eigenvalue weighted by Crippen LogP contribution is -2.44. The third-order valence-corrected chi connectivity index (χ3v) is 3.87. The van der Waals surface area contributed by atoms with Gasteiger partial charge in [0, 0.05) is 44.6 Å². The summed E-state index contributed by atoms with van der Waals surface area (Å²) in [5.41, 5.74) is 0.981. The molecule has 1 aliphatic heterocycles. The van der Waals surface area contributed by atoms with E-state index in [1.807, 2.05) is 22.9 Å². The molecule has 0 bridgehead atoms. The fourth-order valence-corrected chi connectivity index (χ4v) is 2.51. The molecule has 2 aromatic heterocycles. The number of hydrogen-bond acceptors (Lipinski definition) is 6. The predicted octanol–water partition coefficient (Wildman–Crippen LogP) is 0.923. The van der Waals surface area contributed by atoms with Crippen molar-refractivity contribution in [1.82, 2.24) is 24.3 Å². The molecular formula is C14H18N6O2. The van der Waals surface area contributed by atoms with E-state index >= 15 is 0 Å². The van der Waals surface area contributed by atoms with Crippen molar-refractivity contribution in [3.8, 4) is 5.95 Å². The molecule has 22 heavy (non-hydrogen) atoms. The molecule has 0 amide bonds. The molecule has 0 atom stereocenters. The first-order chi connectivity index (χ1) is 10.6. The van der Waals surface area contributed by atoms with Crippen molar-refractivity contribution in [2.75, 3.05) is 33.2 Å². The highest BCUT2D eigenvalue weighted by Crippen LogP contribution is 2.14. The average molecular weight is 302 g/mol. The number of nitrogens with zero attached hydrogens (tertiary/aromatic N) is 6. The van der Waals surface area contributed by atoms with Gasteiger partial charge in [-0.1, -0.05) is 0 Å². The van der Waals surface area contributed by atoms with E-state index in [9.17, 15) is 10.1 Å². The molecule has 0 N–H and O–H groups in total. The van der Waals surface area contributed by atoms with Gasteiger partial charge in [-0.05, 0) is 19.2 Å². The fraction of sp³-hybridized carbons (Fsp3) is 0.429. The SMILES string of the molecule is CN1CCN(Cc2cccn2-c2ncc([N+](=O)[O-])cn2)CC1. The van der Waals surface area contributed by atoms with Gasteiger partial charge in [-0.15, -0.1) is 0 Å². The van der Waals surface area contributed by atoms with Gasteiger partial charge in [-0.3, -0.25) is 19.6 Å². The maximum Gasteiger partial charge on any atom is 0.305 e. The highest BCUT2D eigenvalue weighted by Gasteiger charge is 2.16. The largest absolute Gasteiger partial charge is 0.305 e. The van der Waals surface area contributed by atoms with Gasteiger partial charge in [0.1, 0.15) is 12.4 Å². The quantitative estimate of drug-likeness (QED) is 0.617. The highest BCUT2D eigenvalue weighted by atomic mass is 16.6. The average Bonchev–Trinajstić information content (AvgIpc) is 2.98. The lowest BCUT2D eigenvalue weighted by molar-refractivity contribution is -0.385. The standard InChI is InChI=1S/C14H18N6O2/c1-17-5-7-18(8-6-17)11-12-3-2-4-19(12)14-15-9-13(10-16-14)20(21)22/h2-4,9-10H,5-8,11H2,1H3. The molecule has 3 rings (SSSR count). The Kier molecular flexibility index (Phi) is 4.12. The second kappa shape index (κ2) is 6.20. The molecule has 0 aromatic carbocycles. The number of hydrogen-bond donors (Lipinski definition) is 0. The van der Waals surface area contributed by atoms with Crippen LogP contribution in [-0.2, 0) is 6.54 Å². The molecule has 3 heterocycles. The van der Waals surface area contributed by atoms with Crippen LogP contribution < -0.4 is 0 Å². The number of likely N-dealkylation sites (N-methyl/N-ethyl adjacent to an activating group) is 1. The molecule has 1 fully saturated rings. The summed E-state index contributed by atoms with van der Waals surface area (Å²) in [6.45, 7) is 5.01. The number of rotatable bonds is 4. The summed E-state index contributed by atoms with van der Waals surface area (Å²) >= 11 is 0. The van der Waals surface area contributed by atoms with E-state index in [1.165, 1.54) is 12.4 Å². The smallest absolute Gasteiger partial charge is 0.304 e. The molecule has 1 saturated heterocycles. The van der Waals surface area contributed by atoms with Crippen molar-refractivity contribution in [3.05, 3.63) is 46.5 Å². The third-order valence-electron chi connectivity index (χ3n) is 3.87. The van der Waals surface area contributed by atoms with Crippen LogP contribution in [0.25, 0.3) is 5.95 Å². The first-order valence-corrected chi connectivity index (χ1v) is 7.17. The minimum Gasteiger partial charge on any atom is -0.304 e. The minimum atomic E-state index is -0.495. The van der Waals surface area contributed by atoms with E-state index in [0.717, 1.165) is 38.4 Å². The molecule has 2 aromatic rings. The third kappa shape index (κ3) is 3.12. The van der Waals surface area contributed by atoms with Gasteiger partial charge in [-0.25, -0.2) is 9.97 Å². The van der Waals surface area contributed by atoms with E-state index in [0.29, 0.717) is 5.95 Å². The van der Waals surface area contributed by atoms with Crippen molar-refractivity contribution < 1.29 is 4.92 Å². The Balaban J connectivity index is 1.75. The van der Waals surface area contributed by atoms with Gasteiger partial charge in [0.15, 0.2) is 0 Å². The van der Waals surface area contributed by atoms with Gasteiger partial charge < -0.3 is 4.90 Å². The Hall–Kier alpha value is -2.32. The van der Waals surface area contributed by atoms with E-state index < -0.39 is 4.92 Å². The Morgan fingerprint density at radius 2 is 1.91 bits per heavy atom.